The molecule has 0 radical (unpaired) electrons. The maximum Gasteiger partial charge on any atom is 0.355 e. The second-order valence-corrected chi connectivity index (χ2v) is 7.97. The molecule has 1 aliphatic heterocycles. The smallest absolute Gasteiger partial charge is 0.355 e. The molecule has 0 saturated carbocycles. The number of rotatable bonds is 7. The van der Waals surface area contributed by atoms with Gasteiger partial charge in [0.2, 0.25) is 10.0 Å². The number of ether oxygens (including phenoxy) is 1. The van der Waals surface area contributed by atoms with Crippen molar-refractivity contribution in [1.82, 2.24) is 0 Å². The number of anilines is 1. The van der Waals surface area contributed by atoms with Gasteiger partial charge in [0, 0.05) is 11.8 Å². The lowest BCUT2D eigenvalue weighted by Gasteiger charge is -2.10. The van der Waals surface area contributed by atoms with Gasteiger partial charge in [0.1, 0.15) is 23.2 Å². The summed E-state index contributed by atoms with van der Waals surface area (Å²) in [5.74, 6) is -0.117. The highest BCUT2D eigenvalue weighted by molar-refractivity contribution is 7.92. The van der Waals surface area contributed by atoms with E-state index in [4.69, 9.17) is 9.15 Å². The Kier molecular flexibility index (Phi) is 5.66. The molecule has 0 bridgehead atoms. The number of nitriles is 1. The largest absolute Gasteiger partial charge is 0.465 e. The van der Waals surface area contributed by atoms with E-state index in [-0.39, 0.29) is 17.1 Å². The van der Waals surface area contributed by atoms with Crippen molar-refractivity contribution in [1.29, 1.82) is 5.26 Å². The number of sulfonamides is 1. The first-order chi connectivity index (χ1) is 13.4. The van der Waals surface area contributed by atoms with Crippen LogP contribution in [0.3, 0.4) is 0 Å². The van der Waals surface area contributed by atoms with Crippen LogP contribution in [-0.4, -0.2) is 20.1 Å². The van der Waals surface area contributed by atoms with Crippen LogP contribution < -0.4 is 4.72 Å². The SMILES string of the molecule is CCCCS(=O)(=O)Nc1cccc(C2=C(C#N)C(=O)O/C2=C\c2ccco2)c1. The molecule has 144 valence electrons. The number of carbonyl (C=O) groups excluding carboxylic acids is 1. The van der Waals surface area contributed by atoms with Gasteiger partial charge in [0.05, 0.1) is 17.6 Å². The van der Waals surface area contributed by atoms with Gasteiger partial charge >= 0.3 is 5.97 Å². The fraction of sp³-hybridized carbons (Fsp3) is 0.200. The molecule has 1 aromatic heterocycles. The summed E-state index contributed by atoms with van der Waals surface area (Å²) < 4.78 is 37.3. The topological polar surface area (TPSA) is 109 Å². The third-order valence-electron chi connectivity index (χ3n) is 4.02. The Morgan fingerprint density at radius 2 is 2.07 bits per heavy atom. The molecule has 1 N–H and O–H groups in total. The van der Waals surface area contributed by atoms with Crippen LogP contribution in [0.15, 0.2) is 58.4 Å². The maximum absolute atomic E-state index is 12.2. The van der Waals surface area contributed by atoms with Gasteiger partial charge in [-0.3, -0.25) is 4.72 Å². The van der Waals surface area contributed by atoms with E-state index in [2.05, 4.69) is 4.72 Å². The highest BCUT2D eigenvalue weighted by Crippen LogP contribution is 2.36. The van der Waals surface area contributed by atoms with Crippen molar-refractivity contribution >= 4 is 33.3 Å². The van der Waals surface area contributed by atoms with Gasteiger partial charge in [-0.2, -0.15) is 5.26 Å². The number of unbranched alkanes of at least 4 members (excludes halogenated alkanes) is 1. The zero-order valence-electron chi connectivity index (χ0n) is 15.1. The molecule has 3 rings (SSSR count). The Morgan fingerprint density at radius 3 is 2.75 bits per heavy atom. The minimum absolute atomic E-state index is 0.0190. The molecule has 2 aromatic rings. The van der Waals surface area contributed by atoms with Crippen molar-refractivity contribution in [3.05, 3.63) is 65.3 Å². The Hall–Kier alpha value is -3.31. The first kappa shape index (κ1) is 19.5. The lowest BCUT2D eigenvalue weighted by atomic mass is 9.99. The number of cyclic esters (lactones) is 1. The predicted octanol–water partition coefficient (Wildman–Crippen LogP) is 3.70. The maximum atomic E-state index is 12.2. The molecule has 1 aliphatic rings. The van der Waals surface area contributed by atoms with Crippen LogP contribution in [0.5, 0.6) is 0 Å². The summed E-state index contributed by atoms with van der Waals surface area (Å²) in [6.45, 7) is 1.91. The number of hydrogen-bond donors (Lipinski definition) is 1. The van der Waals surface area contributed by atoms with Crippen LogP contribution in [0.2, 0.25) is 0 Å². The number of nitrogens with one attached hydrogen (secondary N) is 1. The van der Waals surface area contributed by atoms with Crippen LogP contribution in [0.4, 0.5) is 5.69 Å². The Balaban J connectivity index is 1.99. The van der Waals surface area contributed by atoms with E-state index in [1.807, 2.05) is 13.0 Å². The monoisotopic (exact) mass is 398 g/mol. The summed E-state index contributed by atoms with van der Waals surface area (Å²) >= 11 is 0. The summed E-state index contributed by atoms with van der Waals surface area (Å²) in [5, 5.41) is 9.39. The summed E-state index contributed by atoms with van der Waals surface area (Å²) in [6, 6.07) is 11.7. The minimum atomic E-state index is -3.48. The van der Waals surface area contributed by atoms with Crippen molar-refractivity contribution in [3.63, 3.8) is 0 Å². The quantitative estimate of drug-likeness (QED) is 0.712. The third-order valence-corrected chi connectivity index (χ3v) is 5.40. The molecule has 0 saturated heterocycles. The fourth-order valence-corrected chi connectivity index (χ4v) is 3.98. The second-order valence-electron chi connectivity index (χ2n) is 6.13. The molecule has 0 aliphatic carbocycles. The Morgan fingerprint density at radius 1 is 1.25 bits per heavy atom. The molecule has 0 unspecified atom stereocenters. The van der Waals surface area contributed by atoms with Crippen LogP contribution in [0, 0.1) is 11.3 Å². The molecule has 0 fully saturated rings. The van der Waals surface area contributed by atoms with E-state index in [0.29, 0.717) is 29.0 Å². The van der Waals surface area contributed by atoms with E-state index < -0.39 is 16.0 Å². The van der Waals surface area contributed by atoms with E-state index in [0.717, 1.165) is 6.42 Å². The number of carbonyl (C=O) groups is 1. The molecular weight excluding hydrogens is 380 g/mol. The normalized spacial score (nSPS) is 15.6. The Labute approximate surface area is 163 Å². The summed E-state index contributed by atoms with van der Waals surface area (Å²) in [6.07, 6.45) is 4.30. The first-order valence-electron chi connectivity index (χ1n) is 8.66. The van der Waals surface area contributed by atoms with Crippen LogP contribution in [0.25, 0.3) is 11.6 Å². The van der Waals surface area contributed by atoms with Gasteiger partial charge in [0.15, 0.2) is 0 Å². The number of esters is 1. The average molecular weight is 398 g/mol. The van der Waals surface area contributed by atoms with Crippen molar-refractivity contribution in [2.45, 2.75) is 19.8 Å². The molecule has 1 aromatic carbocycles. The second kappa shape index (κ2) is 8.15. The zero-order valence-corrected chi connectivity index (χ0v) is 16.0. The van der Waals surface area contributed by atoms with Crippen molar-refractivity contribution in [2.75, 3.05) is 10.5 Å². The summed E-state index contributed by atoms with van der Waals surface area (Å²) in [7, 11) is -3.48. The van der Waals surface area contributed by atoms with Crippen LogP contribution in [0.1, 0.15) is 31.1 Å². The lowest BCUT2D eigenvalue weighted by molar-refractivity contribution is -0.132. The molecular formula is C20H18N2O5S. The molecule has 0 atom stereocenters. The molecule has 28 heavy (non-hydrogen) atoms. The highest BCUT2D eigenvalue weighted by atomic mass is 32.2. The number of benzene rings is 1. The minimum Gasteiger partial charge on any atom is -0.465 e. The Bertz CT molecular complexity index is 1090. The molecule has 7 nitrogen and oxygen atoms in total. The van der Waals surface area contributed by atoms with Crippen LogP contribution >= 0.6 is 0 Å². The lowest BCUT2D eigenvalue weighted by Crippen LogP contribution is -2.16. The fourth-order valence-electron chi connectivity index (χ4n) is 2.72. The molecule has 2 heterocycles. The summed E-state index contributed by atoms with van der Waals surface area (Å²) in [5.41, 5.74) is 0.966. The van der Waals surface area contributed by atoms with E-state index in [1.54, 1.807) is 36.4 Å². The zero-order chi connectivity index (χ0) is 20.1. The first-order valence-corrected chi connectivity index (χ1v) is 10.3. The van der Waals surface area contributed by atoms with Gasteiger partial charge in [-0.25, -0.2) is 13.2 Å². The number of allylic oxidation sites excluding steroid dienone is 1. The van der Waals surface area contributed by atoms with Crippen molar-refractivity contribution < 1.29 is 22.4 Å². The van der Waals surface area contributed by atoms with Gasteiger partial charge in [-0.05, 0) is 36.2 Å². The standard InChI is InChI=1S/C20H18N2O5S/c1-2-3-10-28(24,25)22-15-7-4-6-14(11-15)19-17(13-21)20(23)27-18(19)12-16-8-5-9-26-16/h4-9,11-12,22H,2-3,10H2,1H3/b18-12-. The van der Waals surface area contributed by atoms with E-state index >= 15 is 0 Å². The number of nitrogens with zero attached hydrogens (tertiary/aromatic N) is 1. The molecule has 0 spiro atoms. The molecule has 0 amide bonds. The van der Waals surface area contributed by atoms with Crippen molar-refractivity contribution in [3.8, 4) is 6.07 Å². The molecule has 8 heteroatoms. The number of hydrogen-bond acceptors (Lipinski definition) is 6. The summed E-state index contributed by atoms with van der Waals surface area (Å²) in [4.78, 5) is 12.1. The average Bonchev–Trinajstić information content (AvgIpc) is 3.27. The number of furan rings is 1. The van der Waals surface area contributed by atoms with Crippen LogP contribution in [-0.2, 0) is 19.6 Å². The van der Waals surface area contributed by atoms with Gasteiger partial charge in [-0.1, -0.05) is 25.5 Å². The van der Waals surface area contributed by atoms with Gasteiger partial charge in [0.25, 0.3) is 0 Å². The van der Waals surface area contributed by atoms with Crippen molar-refractivity contribution in [2.24, 2.45) is 0 Å². The third kappa shape index (κ3) is 4.32. The van der Waals surface area contributed by atoms with E-state index in [9.17, 15) is 18.5 Å². The van der Waals surface area contributed by atoms with E-state index in [1.165, 1.54) is 12.3 Å². The van der Waals surface area contributed by atoms with Gasteiger partial charge < -0.3 is 9.15 Å². The predicted molar refractivity (Wildman–Crippen MR) is 104 cm³/mol. The van der Waals surface area contributed by atoms with Gasteiger partial charge in [-0.15, -0.1) is 0 Å². The highest BCUT2D eigenvalue weighted by Gasteiger charge is 2.31.